The molecular formula is C23H29Cl2N3O4S. The van der Waals surface area contributed by atoms with E-state index in [-0.39, 0.29) is 36.2 Å². The molecule has 1 atom stereocenters. The molecule has 0 bridgehead atoms. The van der Waals surface area contributed by atoms with Gasteiger partial charge in [-0.1, -0.05) is 54.4 Å². The SMILES string of the molecule is CCC(C(=O)NC)N(Cc1ccc(Cl)cc1Cl)C(=O)CCCN(C)S(=O)(=O)c1ccccc1. The van der Waals surface area contributed by atoms with Gasteiger partial charge in [-0.25, -0.2) is 12.7 Å². The van der Waals surface area contributed by atoms with Crippen molar-refractivity contribution in [2.45, 2.75) is 43.7 Å². The normalized spacial score (nSPS) is 12.4. The van der Waals surface area contributed by atoms with Crippen LogP contribution in [0, 0.1) is 0 Å². The standard InChI is InChI=1S/C23H29Cl2N3O4S/c1-4-21(23(30)26-2)28(16-17-12-13-18(24)15-20(17)25)22(29)11-8-14-27(3)33(31,32)19-9-6-5-7-10-19/h5-7,9-10,12-13,15,21H,4,8,11,14,16H2,1-3H3,(H,26,30). The highest BCUT2D eigenvalue weighted by molar-refractivity contribution is 7.89. The average Bonchev–Trinajstić information content (AvgIpc) is 2.80. The van der Waals surface area contributed by atoms with Crippen LogP contribution in [0.3, 0.4) is 0 Å². The molecule has 0 radical (unpaired) electrons. The highest BCUT2D eigenvalue weighted by Gasteiger charge is 2.28. The molecule has 0 fully saturated rings. The van der Waals surface area contributed by atoms with E-state index in [1.807, 2.05) is 6.92 Å². The molecule has 0 saturated heterocycles. The van der Waals surface area contributed by atoms with Gasteiger partial charge in [0.2, 0.25) is 21.8 Å². The molecule has 33 heavy (non-hydrogen) atoms. The van der Waals surface area contributed by atoms with E-state index in [2.05, 4.69) is 5.32 Å². The monoisotopic (exact) mass is 513 g/mol. The van der Waals surface area contributed by atoms with Gasteiger partial charge in [0.25, 0.3) is 0 Å². The van der Waals surface area contributed by atoms with Gasteiger partial charge >= 0.3 is 0 Å². The van der Waals surface area contributed by atoms with E-state index < -0.39 is 16.1 Å². The second-order valence-electron chi connectivity index (χ2n) is 7.54. The first kappa shape index (κ1) is 27.1. The Labute approximate surface area is 205 Å². The van der Waals surface area contributed by atoms with Crippen LogP contribution in [0.1, 0.15) is 31.7 Å². The van der Waals surface area contributed by atoms with E-state index in [0.717, 1.165) is 0 Å². The molecule has 0 aliphatic carbocycles. The molecular weight excluding hydrogens is 485 g/mol. The molecule has 2 amide bonds. The first-order valence-electron chi connectivity index (χ1n) is 10.6. The van der Waals surface area contributed by atoms with E-state index >= 15 is 0 Å². The summed E-state index contributed by atoms with van der Waals surface area (Å²) in [5.41, 5.74) is 0.667. The highest BCUT2D eigenvalue weighted by atomic mass is 35.5. The first-order valence-corrected chi connectivity index (χ1v) is 12.8. The minimum absolute atomic E-state index is 0.0767. The average molecular weight is 514 g/mol. The third-order valence-electron chi connectivity index (χ3n) is 5.30. The topological polar surface area (TPSA) is 86.8 Å². The van der Waals surface area contributed by atoms with Crippen molar-refractivity contribution in [3.63, 3.8) is 0 Å². The van der Waals surface area contributed by atoms with Gasteiger partial charge in [-0.3, -0.25) is 9.59 Å². The molecule has 0 aliphatic heterocycles. The molecule has 7 nitrogen and oxygen atoms in total. The van der Waals surface area contributed by atoms with Gasteiger partial charge in [-0.15, -0.1) is 0 Å². The Morgan fingerprint density at radius 2 is 1.76 bits per heavy atom. The Balaban J connectivity index is 2.13. The van der Waals surface area contributed by atoms with Gasteiger partial charge in [0, 0.05) is 43.7 Å². The number of hydrogen-bond acceptors (Lipinski definition) is 4. The highest BCUT2D eigenvalue weighted by Crippen LogP contribution is 2.24. The smallest absolute Gasteiger partial charge is 0.242 e. The van der Waals surface area contributed by atoms with Crippen molar-refractivity contribution >= 4 is 45.0 Å². The summed E-state index contributed by atoms with van der Waals surface area (Å²) in [6.07, 6.45) is 0.794. The Kier molecular flexibility index (Phi) is 10.2. The van der Waals surface area contributed by atoms with Crippen molar-refractivity contribution < 1.29 is 18.0 Å². The molecule has 0 aromatic heterocycles. The maximum atomic E-state index is 13.2. The lowest BCUT2D eigenvalue weighted by atomic mass is 10.1. The number of halogens is 2. The van der Waals surface area contributed by atoms with Crippen molar-refractivity contribution in [2.75, 3.05) is 20.6 Å². The van der Waals surface area contributed by atoms with E-state index in [1.165, 1.54) is 35.4 Å². The summed E-state index contributed by atoms with van der Waals surface area (Å²) in [5, 5.41) is 3.48. The number of rotatable bonds is 11. The third kappa shape index (κ3) is 7.17. The molecule has 0 aliphatic rings. The lowest BCUT2D eigenvalue weighted by Gasteiger charge is -2.31. The summed E-state index contributed by atoms with van der Waals surface area (Å²) in [6, 6.07) is 12.4. The van der Waals surface area contributed by atoms with E-state index in [0.29, 0.717) is 28.5 Å². The quantitative estimate of drug-likeness (QED) is 0.492. The van der Waals surface area contributed by atoms with Gasteiger partial charge in [-0.05, 0) is 42.7 Å². The van der Waals surface area contributed by atoms with E-state index in [4.69, 9.17) is 23.2 Å². The van der Waals surface area contributed by atoms with Crippen LogP contribution in [-0.2, 0) is 26.2 Å². The fourth-order valence-electron chi connectivity index (χ4n) is 3.41. The molecule has 2 aromatic rings. The largest absolute Gasteiger partial charge is 0.357 e. The predicted octanol–water partition coefficient (Wildman–Crippen LogP) is 3.95. The molecule has 2 aromatic carbocycles. The number of nitrogens with zero attached hydrogens (tertiary/aromatic N) is 2. The fraction of sp³-hybridized carbons (Fsp3) is 0.391. The van der Waals surface area contributed by atoms with E-state index in [1.54, 1.807) is 36.4 Å². The van der Waals surface area contributed by atoms with Crippen molar-refractivity contribution in [3.8, 4) is 0 Å². The maximum absolute atomic E-state index is 13.2. The van der Waals surface area contributed by atoms with Gasteiger partial charge in [0.05, 0.1) is 4.90 Å². The summed E-state index contributed by atoms with van der Waals surface area (Å²) >= 11 is 12.3. The molecule has 1 unspecified atom stereocenters. The molecule has 10 heteroatoms. The van der Waals surface area contributed by atoms with Gasteiger partial charge in [-0.2, -0.15) is 0 Å². The zero-order valence-corrected chi connectivity index (χ0v) is 21.3. The molecule has 0 saturated carbocycles. The number of sulfonamides is 1. The van der Waals surface area contributed by atoms with Crippen molar-refractivity contribution in [1.82, 2.24) is 14.5 Å². The van der Waals surface area contributed by atoms with Crippen LogP contribution in [0.5, 0.6) is 0 Å². The number of amides is 2. The summed E-state index contributed by atoms with van der Waals surface area (Å²) in [7, 11) is -0.636. The van der Waals surface area contributed by atoms with Crippen LogP contribution in [0.2, 0.25) is 10.0 Å². The van der Waals surface area contributed by atoms with Gasteiger partial charge < -0.3 is 10.2 Å². The summed E-state index contributed by atoms with van der Waals surface area (Å²) in [4.78, 5) is 27.3. The second-order valence-corrected chi connectivity index (χ2v) is 10.4. The Hall–Kier alpha value is -2.13. The Morgan fingerprint density at radius 3 is 2.33 bits per heavy atom. The second kappa shape index (κ2) is 12.4. The van der Waals surface area contributed by atoms with Crippen LogP contribution >= 0.6 is 23.2 Å². The van der Waals surface area contributed by atoms with Crippen molar-refractivity contribution in [2.24, 2.45) is 0 Å². The summed E-state index contributed by atoms with van der Waals surface area (Å²) in [6.45, 7) is 2.12. The van der Waals surface area contributed by atoms with Crippen LogP contribution in [0.15, 0.2) is 53.4 Å². The lowest BCUT2D eigenvalue weighted by Crippen LogP contribution is -2.48. The van der Waals surface area contributed by atoms with Crippen LogP contribution in [0.25, 0.3) is 0 Å². The Morgan fingerprint density at radius 1 is 1.09 bits per heavy atom. The van der Waals surface area contributed by atoms with Gasteiger partial charge in [0.15, 0.2) is 0 Å². The molecule has 0 heterocycles. The van der Waals surface area contributed by atoms with Crippen molar-refractivity contribution in [3.05, 3.63) is 64.1 Å². The lowest BCUT2D eigenvalue weighted by molar-refractivity contribution is -0.141. The molecule has 0 spiro atoms. The van der Waals surface area contributed by atoms with Gasteiger partial charge in [0.1, 0.15) is 6.04 Å². The molecule has 2 rings (SSSR count). The fourth-order valence-corrected chi connectivity index (χ4v) is 5.11. The summed E-state index contributed by atoms with van der Waals surface area (Å²) < 4.78 is 26.6. The van der Waals surface area contributed by atoms with Crippen LogP contribution < -0.4 is 5.32 Å². The number of carbonyl (C=O) groups is 2. The number of hydrogen-bond donors (Lipinski definition) is 1. The zero-order valence-electron chi connectivity index (χ0n) is 18.9. The summed E-state index contributed by atoms with van der Waals surface area (Å²) in [5.74, 6) is -0.540. The maximum Gasteiger partial charge on any atom is 0.242 e. The first-order chi connectivity index (χ1) is 15.6. The van der Waals surface area contributed by atoms with Crippen LogP contribution in [0.4, 0.5) is 0 Å². The minimum Gasteiger partial charge on any atom is -0.357 e. The zero-order chi connectivity index (χ0) is 24.6. The van der Waals surface area contributed by atoms with E-state index in [9.17, 15) is 18.0 Å². The number of nitrogens with one attached hydrogen (secondary N) is 1. The van der Waals surface area contributed by atoms with Crippen molar-refractivity contribution in [1.29, 1.82) is 0 Å². The number of likely N-dealkylation sites (N-methyl/N-ethyl adjacent to an activating group) is 1. The molecule has 1 N–H and O–H groups in total. The number of benzene rings is 2. The minimum atomic E-state index is -3.64. The third-order valence-corrected chi connectivity index (χ3v) is 7.76. The molecule has 180 valence electrons. The predicted molar refractivity (Wildman–Crippen MR) is 131 cm³/mol. The Bertz CT molecular complexity index is 1060. The van der Waals surface area contributed by atoms with Crippen LogP contribution in [-0.4, -0.2) is 56.1 Å². The number of carbonyl (C=O) groups excluding carboxylic acids is 2.